The number of hydrogen-bond acceptors (Lipinski definition) is 7. The summed E-state index contributed by atoms with van der Waals surface area (Å²) in [7, 11) is 0. The quantitative estimate of drug-likeness (QED) is 0.324. The van der Waals surface area contributed by atoms with Gasteiger partial charge in [-0.1, -0.05) is 5.92 Å². The summed E-state index contributed by atoms with van der Waals surface area (Å²) in [6.45, 7) is 4.04. The average Bonchev–Trinajstić information content (AvgIpc) is 3.44. The largest absolute Gasteiger partial charge is 0.457 e. The third-order valence-corrected chi connectivity index (χ3v) is 6.29. The number of nitrogens with zero attached hydrogens (tertiary/aromatic N) is 5. The number of hydrogen-bond donors (Lipinski definition) is 2. The highest BCUT2D eigenvalue weighted by Crippen LogP contribution is 2.44. The second-order valence-corrected chi connectivity index (χ2v) is 9.35. The first-order chi connectivity index (χ1) is 17.9. The molecule has 0 unspecified atom stereocenters. The van der Waals surface area contributed by atoms with Crippen molar-refractivity contribution in [3.63, 3.8) is 0 Å². The fourth-order valence-electron chi connectivity index (χ4n) is 3.88. The Balaban J connectivity index is 1.21. The van der Waals surface area contributed by atoms with Gasteiger partial charge in [-0.2, -0.15) is 5.10 Å². The highest BCUT2D eigenvalue weighted by molar-refractivity contribution is 6.05. The maximum Gasteiger partial charge on any atom is 0.300 e. The van der Waals surface area contributed by atoms with Gasteiger partial charge in [0.2, 0.25) is 0 Å². The molecule has 9 heteroatoms. The van der Waals surface area contributed by atoms with E-state index < -0.39 is 0 Å². The zero-order chi connectivity index (χ0) is 25.4. The molecule has 0 saturated heterocycles. The van der Waals surface area contributed by atoms with Gasteiger partial charge in [0.1, 0.15) is 30.0 Å². The number of carbonyl (C=O) groups is 1. The molecular formula is C28H23N7O2. The summed E-state index contributed by atoms with van der Waals surface area (Å²) in [5.74, 6) is 7.46. The van der Waals surface area contributed by atoms with Crippen molar-refractivity contribution < 1.29 is 9.53 Å². The Morgan fingerprint density at radius 1 is 1.03 bits per heavy atom. The summed E-state index contributed by atoms with van der Waals surface area (Å²) in [4.78, 5) is 25.3. The molecule has 1 fully saturated rings. The van der Waals surface area contributed by atoms with E-state index in [0.29, 0.717) is 22.9 Å². The van der Waals surface area contributed by atoms with Gasteiger partial charge in [-0.15, -0.1) is 0 Å². The van der Waals surface area contributed by atoms with Gasteiger partial charge in [-0.05, 0) is 80.6 Å². The number of aromatic nitrogens is 5. The highest BCUT2D eigenvalue weighted by atomic mass is 16.5. The summed E-state index contributed by atoms with van der Waals surface area (Å²) in [6.07, 6.45) is 6.90. The van der Waals surface area contributed by atoms with Crippen molar-refractivity contribution in [2.24, 2.45) is 5.41 Å². The fourth-order valence-corrected chi connectivity index (χ4v) is 3.88. The van der Waals surface area contributed by atoms with Gasteiger partial charge in [0, 0.05) is 34.4 Å². The van der Waals surface area contributed by atoms with Crippen molar-refractivity contribution in [2.45, 2.75) is 26.7 Å². The monoisotopic (exact) mass is 489 g/mol. The van der Waals surface area contributed by atoms with E-state index in [-0.39, 0.29) is 11.3 Å². The Morgan fingerprint density at radius 2 is 1.89 bits per heavy atom. The molecule has 6 rings (SSSR count). The molecule has 9 nitrogen and oxygen atoms in total. The van der Waals surface area contributed by atoms with Crippen molar-refractivity contribution in [3.05, 3.63) is 72.9 Å². The molecule has 0 spiro atoms. The standard InChI is InChI=1S/C28H23N7O2/c1-18-13-19(4-6-24(18)37-21-8-12-35-25(15-21)30-17-32-35)34-27-22-14-20(3-5-23(22)29-16-31-27)33-26(36)7-9-28(2)10-11-28/h3-6,8,12-17H,10-11H2,1-2H3,(H,33,36)(H,29,31,34). The van der Waals surface area contributed by atoms with E-state index in [2.05, 4.69) is 49.4 Å². The third-order valence-electron chi connectivity index (χ3n) is 6.29. The van der Waals surface area contributed by atoms with Gasteiger partial charge in [0.15, 0.2) is 5.65 Å². The lowest BCUT2D eigenvalue weighted by atomic mass is 10.1. The van der Waals surface area contributed by atoms with Crippen LogP contribution in [0.5, 0.6) is 11.5 Å². The first-order valence-corrected chi connectivity index (χ1v) is 11.9. The van der Waals surface area contributed by atoms with Crippen molar-refractivity contribution in [2.75, 3.05) is 10.6 Å². The molecule has 0 radical (unpaired) electrons. The lowest BCUT2D eigenvalue weighted by Gasteiger charge is -2.13. The van der Waals surface area contributed by atoms with Crippen LogP contribution in [0.1, 0.15) is 25.3 Å². The van der Waals surface area contributed by atoms with Crippen LogP contribution in [0.3, 0.4) is 0 Å². The molecule has 3 heterocycles. The molecule has 1 amide bonds. The Hall–Kier alpha value is -4.97. The summed E-state index contributed by atoms with van der Waals surface area (Å²) in [5.41, 5.74) is 3.89. The molecule has 5 aromatic rings. The number of ether oxygens (including phenoxy) is 1. The molecule has 2 N–H and O–H groups in total. The minimum atomic E-state index is -0.326. The number of nitrogens with one attached hydrogen (secondary N) is 2. The van der Waals surface area contributed by atoms with E-state index in [0.717, 1.165) is 40.7 Å². The Morgan fingerprint density at radius 3 is 2.73 bits per heavy atom. The fraction of sp³-hybridized carbons (Fsp3) is 0.179. The second-order valence-electron chi connectivity index (χ2n) is 9.35. The zero-order valence-corrected chi connectivity index (χ0v) is 20.3. The smallest absolute Gasteiger partial charge is 0.300 e. The van der Waals surface area contributed by atoms with Gasteiger partial charge in [-0.25, -0.2) is 19.5 Å². The molecule has 0 bridgehead atoms. The van der Waals surface area contributed by atoms with E-state index in [1.54, 1.807) is 10.7 Å². The number of rotatable bonds is 5. The first kappa shape index (κ1) is 22.5. The molecule has 0 atom stereocenters. The number of amides is 1. The van der Waals surface area contributed by atoms with E-state index in [4.69, 9.17) is 4.74 Å². The first-order valence-electron chi connectivity index (χ1n) is 11.9. The van der Waals surface area contributed by atoms with Gasteiger partial charge in [0.25, 0.3) is 5.91 Å². The van der Waals surface area contributed by atoms with Crippen LogP contribution in [-0.2, 0) is 4.79 Å². The maximum absolute atomic E-state index is 12.3. The molecular weight excluding hydrogens is 466 g/mol. The van der Waals surface area contributed by atoms with Gasteiger partial charge in [0.05, 0.1) is 5.52 Å². The van der Waals surface area contributed by atoms with Crippen LogP contribution in [0.25, 0.3) is 16.6 Å². The molecule has 37 heavy (non-hydrogen) atoms. The number of fused-ring (bicyclic) bond motifs is 2. The van der Waals surface area contributed by atoms with Crippen molar-refractivity contribution in [1.29, 1.82) is 0 Å². The lowest BCUT2D eigenvalue weighted by Crippen LogP contribution is -2.09. The number of anilines is 3. The minimum absolute atomic E-state index is 0.00464. The number of aryl methyl sites for hydroxylation is 1. The van der Waals surface area contributed by atoms with Gasteiger partial charge < -0.3 is 15.4 Å². The molecule has 3 aromatic heterocycles. The Bertz CT molecular complexity index is 1730. The normalized spacial score (nSPS) is 13.6. The summed E-state index contributed by atoms with van der Waals surface area (Å²) >= 11 is 0. The van der Waals surface area contributed by atoms with Crippen molar-refractivity contribution in [1.82, 2.24) is 24.6 Å². The average molecular weight is 490 g/mol. The van der Waals surface area contributed by atoms with E-state index in [9.17, 15) is 4.79 Å². The molecule has 1 aliphatic carbocycles. The highest BCUT2D eigenvalue weighted by Gasteiger charge is 2.35. The third kappa shape index (κ3) is 4.90. The number of carbonyl (C=O) groups excluding carboxylic acids is 1. The predicted molar refractivity (Wildman–Crippen MR) is 141 cm³/mol. The maximum atomic E-state index is 12.3. The lowest BCUT2D eigenvalue weighted by molar-refractivity contribution is -0.111. The topological polar surface area (TPSA) is 106 Å². The molecule has 1 aliphatic rings. The van der Waals surface area contributed by atoms with E-state index in [1.807, 2.05) is 55.5 Å². The summed E-state index contributed by atoms with van der Waals surface area (Å²) in [5, 5.41) is 11.1. The predicted octanol–water partition coefficient (Wildman–Crippen LogP) is 5.26. The van der Waals surface area contributed by atoms with Gasteiger partial charge >= 0.3 is 0 Å². The van der Waals surface area contributed by atoms with Crippen LogP contribution >= 0.6 is 0 Å². The SMILES string of the molecule is Cc1cc(Nc2ncnc3ccc(NC(=O)C#CC4(C)CC4)cc23)ccc1Oc1ccn2ncnc2c1. The van der Waals surface area contributed by atoms with Crippen molar-refractivity contribution >= 4 is 39.6 Å². The Labute approximate surface area is 212 Å². The number of pyridine rings is 1. The minimum Gasteiger partial charge on any atom is -0.457 e. The van der Waals surface area contributed by atoms with Crippen LogP contribution in [0.15, 0.2) is 67.4 Å². The van der Waals surface area contributed by atoms with E-state index >= 15 is 0 Å². The Kier molecular flexibility index (Phi) is 5.42. The van der Waals surface area contributed by atoms with E-state index in [1.165, 1.54) is 12.7 Å². The van der Waals surface area contributed by atoms with Crippen molar-refractivity contribution in [3.8, 4) is 23.3 Å². The van der Waals surface area contributed by atoms with Crippen LogP contribution < -0.4 is 15.4 Å². The second kappa shape index (κ2) is 8.91. The molecule has 2 aromatic carbocycles. The van der Waals surface area contributed by atoms with Crippen LogP contribution in [0.2, 0.25) is 0 Å². The zero-order valence-electron chi connectivity index (χ0n) is 20.3. The van der Waals surface area contributed by atoms with Crippen LogP contribution in [0, 0.1) is 24.2 Å². The van der Waals surface area contributed by atoms with Gasteiger partial charge in [-0.3, -0.25) is 4.79 Å². The summed E-state index contributed by atoms with van der Waals surface area (Å²) < 4.78 is 7.75. The van der Waals surface area contributed by atoms with Crippen LogP contribution in [-0.4, -0.2) is 30.5 Å². The van der Waals surface area contributed by atoms with Crippen LogP contribution in [0.4, 0.5) is 17.2 Å². The number of benzene rings is 2. The summed E-state index contributed by atoms with van der Waals surface area (Å²) in [6, 6.07) is 15.0. The molecule has 182 valence electrons. The molecule has 0 aliphatic heterocycles. The molecule has 1 saturated carbocycles.